The fourth-order valence-corrected chi connectivity index (χ4v) is 2.90. The van der Waals surface area contributed by atoms with Gasteiger partial charge in [-0.25, -0.2) is 0 Å². The highest BCUT2D eigenvalue weighted by Crippen LogP contribution is 2.18. The molecule has 23 heavy (non-hydrogen) atoms. The average molecular weight is 317 g/mol. The minimum Gasteiger partial charge on any atom is -0.369 e. The van der Waals surface area contributed by atoms with Crippen LogP contribution in [0.15, 0.2) is 30.3 Å². The Bertz CT molecular complexity index is 518. The molecule has 1 heterocycles. The van der Waals surface area contributed by atoms with Gasteiger partial charge in [0.2, 0.25) is 11.8 Å². The van der Waals surface area contributed by atoms with Crippen LogP contribution in [0, 0.1) is 11.8 Å². The molecule has 2 amide bonds. The monoisotopic (exact) mass is 317 g/mol. The third-order valence-electron chi connectivity index (χ3n) is 4.50. The van der Waals surface area contributed by atoms with Crippen LogP contribution >= 0.6 is 0 Å². The first-order chi connectivity index (χ1) is 11.0. The highest BCUT2D eigenvalue weighted by atomic mass is 16.2. The minimum atomic E-state index is -0.342. The molecule has 5 heteroatoms. The van der Waals surface area contributed by atoms with Crippen LogP contribution in [-0.2, 0) is 16.1 Å². The number of likely N-dealkylation sites (tertiary alicyclic amines) is 1. The predicted molar refractivity (Wildman–Crippen MR) is 90.4 cm³/mol. The van der Waals surface area contributed by atoms with Gasteiger partial charge in [0.05, 0.1) is 0 Å². The summed E-state index contributed by atoms with van der Waals surface area (Å²) in [7, 11) is 0. The Morgan fingerprint density at radius 2 is 2.09 bits per heavy atom. The molecule has 0 aliphatic carbocycles. The van der Waals surface area contributed by atoms with Crippen molar-refractivity contribution in [2.24, 2.45) is 17.6 Å². The third kappa shape index (κ3) is 6.02. The van der Waals surface area contributed by atoms with Gasteiger partial charge in [0.1, 0.15) is 0 Å². The first-order valence-electron chi connectivity index (χ1n) is 8.37. The van der Waals surface area contributed by atoms with Crippen molar-refractivity contribution in [3.63, 3.8) is 0 Å². The lowest BCUT2D eigenvalue weighted by atomic mass is 10.0. The molecule has 2 atom stereocenters. The van der Waals surface area contributed by atoms with E-state index in [1.807, 2.05) is 6.07 Å². The second-order valence-corrected chi connectivity index (χ2v) is 6.52. The van der Waals surface area contributed by atoms with E-state index in [2.05, 4.69) is 34.5 Å². The van der Waals surface area contributed by atoms with Crippen molar-refractivity contribution in [3.8, 4) is 0 Å². The van der Waals surface area contributed by atoms with Gasteiger partial charge in [-0.15, -0.1) is 0 Å². The number of rotatable bonds is 8. The molecule has 1 unspecified atom stereocenters. The number of hydrogen-bond acceptors (Lipinski definition) is 3. The smallest absolute Gasteiger partial charge is 0.220 e. The Hall–Kier alpha value is -1.88. The molecule has 1 aromatic carbocycles. The molecule has 1 saturated heterocycles. The number of nitrogens with zero attached hydrogens (tertiary/aromatic N) is 1. The SMILES string of the molecule is CC(CCC(=O)NC[C@@H]1CCN(Cc2ccccc2)C1)C(N)=O. The summed E-state index contributed by atoms with van der Waals surface area (Å²) in [5.41, 5.74) is 6.53. The molecule has 1 aliphatic rings. The Labute approximate surface area is 138 Å². The molecule has 1 aromatic rings. The summed E-state index contributed by atoms with van der Waals surface area (Å²) in [6.07, 6.45) is 2.00. The number of primary amides is 1. The highest BCUT2D eigenvalue weighted by Gasteiger charge is 2.22. The lowest BCUT2D eigenvalue weighted by Crippen LogP contribution is -2.31. The lowest BCUT2D eigenvalue weighted by molar-refractivity contribution is -0.123. The first-order valence-corrected chi connectivity index (χ1v) is 8.37. The second-order valence-electron chi connectivity index (χ2n) is 6.52. The third-order valence-corrected chi connectivity index (χ3v) is 4.50. The Balaban J connectivity index is 1.64. The molecule has 0 aromatic heterocycles. The van der Waals surface area contributed by atoms with Gasteiger partial charge in [0.15, 0.2) is 0 Å². The zero-order chi connectivity index (χ0) is 16.7. The van der Waals surface area contributed by atoms with E-state index in [0.29, 0.717) is 18.8 Å². The van der Waals surface area contributed by atoms with Crippen molar-refractivity contribution < 1.29 is 9.59 Å². The van der Waals surface area contributed by atoms with Gasteiger partial charge in [-0.1, -0.05) is 37.3 Å². The molecular formula is C18H27N3O2. The summed E-state index contributed by atoms with van der Waals surface area (Å²) in [4.78, 5) is 25.2. The van der Waals surface area contributed by atoms with E-state index in [4.69, 9.17) is 5.73 Å². The molecular weight excluding hydrogens is 290 g/mol. The maximum atomic E-state index is 11.8. The maximum Gasteiger partial charge on any atom is 0.220 e. The van der Waals surface area contributed by atoms with Crippen molar-refractivity contribution in [1.29, 1.82) is 0 Å². The van der Waals surface area contributed by atoms with Gasteiger partial charge < -0.3 is 11.1 Å². The Morgan fingerprint density at radius 3 is 2.78 bits per heavy atom. The van der Waals surface area contributed by atoms with Crippen molar-refractivity contribution in [2.75, 3.05) is 19.6 Å². The Morgan fingerprint density at radius 1 is 1.35 bits per heavy atom. The number of carbonyl (C=O) groups excluding carboxylic acids is 2. The largest absolute Gasteiger partial charge is 0.369 e. The average Bonchev–Trinajstić information content (AvgIpc) is 2.99. The lowest BCUT2D eigenvalue weighted by Gasteiger charge is -2.16. The van der Waals surface area contributed by atoms with E-state index in [1.165, 1.54) is 5.56 Å². The van der Waals surface area contributed by atoms with Crippen LogP contribution in [0.4, 0.5) is 0 Å². The fraction of sp³-hybridized carbons (Fsp3) is 0.556. The summed E-state index contributed by atoms with van der Waals surface area (Å²) in [6.45, 7) is 5.55. The maximum absolute atomic E-state index is 11.8. The molecule has 5 nitrogen and oxygen atoms in total. The predicted octanol–water partition coefficient (Wildman–Crippen LogP) is 1.53. The van der Waals surface area contributed by atoms with Crippen LogP contribution in [0.5, 0.6) is 0 Å². The topological polar surface area (TPSA) is 75.4 Å². The van der Waals surface area contributed by atoms with Crippen molar-refractivity contribution in [2.45, 2.75) is 32.7 Å². The summed E-state index contributed by atoms with van der Waals surface area (Å²) in [5.74, 6) is -0.0606. The second kappa shape index (κ2) is 8.67. The molecule has 1 fully saturated rings. The van der Waals surface area contributed by atoms with E-state index in [9.17, 15) is 9.59 Å². The van der Waals surface area contributed by atoms with Crippen LogP contribution in [0.3, 0.4) is 0 Å². The van der Waals surface area contributed by atoms with Crippen LogP contribution < -0.4 is 11.1 Å². The summed E-state index contributed by atoms with van der Waals surface area (Å²) in [5, 5.41) is 2.99. The van der Waals surface area contributed by atoms with Gasteiger partial charge >= 0.3 is 0 Å². The quantitative estimate of drug-likeness (QED) is 0.763. The Kier molecular flexibility index (Phi) is 6.59. The van der Waals surface area contributed by atoms with Crippen LogP contribution in [0.25, 0.3) is 0 Å². The van der Waals surface area contributed by atoms with Crippen molar-refractivity contribution in [1.82, 2.24) is 10.2 Å². The molecule has 1 aliphatic heterocycles. The molecule has 2 rings (SSSR count). The molecule has 0 radical (unpaired) electrons. The molecule has 0 bridgehead atoms. The highest BCUT2D eigenvalue weighted by molar-refractivity contribution is 5.79. The number of nitrogens with two attached hydrogens (primary N) is 1. The standard InChI is InChI=1S/C18H27N3O2/c1-14(18(19)23)7-8-17(22)20-11-16-9-10-21(13-16)12-15-5-3-2-4-6-15/h2-6,14,16H,7-13H2,1H3,(H2,19,23)(H,20,22)/t14?,16-/m0/s1. The van der Waals surface area contributed by atoms with E-state index in [1.54, 1.807) is 6.92 Å². The number of amides is 2. The van der Waals surface area contributed by atoms with Gasteiger partial charge in [-0.2, -0.15) is 0 Å². The van der Waals surface area contributed by atoms with E-state index >= 15 is 0 Å². The first kappa shape index (κ1) is 17.5. The van der Waals surface area contributed by atoms with Crippen LogP contribution in [-0.4, -0.2) is 36.3 Å². The number of hydrogen-bond donors (Lipinski definition) is 2. The van der Waals surface area contributed by atoms with Gasteiger partial charge in [-0.05, 0) is 30.9 Å². The zero-order valence-corrected chi connectivity index (χ0v) is 13.8. The zero-order valence-electron chi connectivity index (χ0n) is 13.8. The van der Waals surface area contributed by atoms with Crippen LogP contribution in [0.2, 0.25) is 0 Å². The van der Waals surface area contributed by atoms with E-state index < -0.39 is 0 Å². The van der Waals surface area contributed by atoms with E-state index in [0.717, 1.165) is 32.6 Å². The molecule has 126 valence electrons. The normalized spacial score (nSPS) is 19.4. The van der Waals surface area contributed by atoms with Gasteiger partial charge in [0.25, 0.3) is 0 Å². The minimum absolute atomic E-state index is 0.0135. The van der Waals surface area contributed by atoms with Gasteiger partial charge in [-0.3, -0.25) is 14.5 Å². The number of nitrogens with one attached hydrogen (secondary N) is 1. The fourth-order valence-electron chi connectivity index (χ4n) is 2.90. The van der Waals surface area contributed by atoms with Crippen LogP contribution in [0.1, 0.15) is 31.7 Å². The van der Waals surface area contributed by atoms with E-state index in [-0.39, 0.29) is 17.7 Å². The summed E-state index contributed by atoms with van der Waals surface area (Å²) < 4.78 is 0. The van der Waals surface area contributed by atoms with Crippen molar-refractivity contribution in [3.05, 3.63) is 35.9 Å². The summed E-state index contributed by atoms with van der Waals surface area (Å²) in [6, 6.07) is 10.5. The summed E-state index contributed by atoms with van der Waals surface area (Å²) >= 11 is 0. The molecule has 0 spiro atoms. The van der Waals surface area contributed by atoms with Gasteiger partial charge in [0, 0.05) is 32.0 Å². The molecule has 0 saturated carbocycles. The molecule has 3 N–H and O–H groups in total. The van der Waals surface area contributed by atoms with Crippen molar-refractivity contribution >= 4 is 11.8 Å². The number of carbonyl (C=O) groups is 2. The number of benzene rings is 1.